The van der Waals surface area contributed by atoms with Gasteiger partial charge in [0, 0.05) is 24.0 Å². The highest BCUT2D eigenvalue weighted by Gasteiger charge is 2.30. The number of aromatic nitrogens is 1. The maximum atomic E-state index is 13.2. The maximum Gasteiger partial charge on any atom is 0.257 e. The molecule has 1 N–H and O–H groups in total. The number of nitrogens with zero attached hydrogens (tertiary/aromatic N) is 2. The molecule has 8 heteroatoms. The minimum atomic E-state index is -3.62. The van der Waals surface area contributed by atoms with E-state index >= 15 is 0 Å². The Morgan fingerprint density at radius 1 is 1.22 bits per heavy atom. The van der Waals surface area contributed by atoms with E-state index in [0.29, 0.717) is 35.3 Å². The van der Waals surface area contributed by atoms with E-state index in [0.717, 1.165) is 24.1 Å². The molecule has 1 aliphatic heterocycles. The van der Waals surface area contributed by atoms with Gasteiger partial charge in [0.1, 0.15) is 0 Å². The van der Waals surface area contributed by atoms with Crippen molar-refractivity contribution in [3.63, 3.8) is 0 Å². The van der Waals surface area contributed by atoms with E-state index in [-0.39, 0.29) is 10.8 Å². The van der Waals surface area contributed by atoms with Crippen LogP contribution in [0.5, 0.6) is 0 Å². The molecule has 0 aliphatic carbocycles. The summed E-state index contributed by atoms with van der Waals surface area (Å²) in [6.07, 6.45) is 1.72. The second kappa shape index (κ2) is 7.69. The van der Waals surface area contributed by atoms with Gasteiger partial charge in [-0.25, -0.2) is 13.4 Å². The zero-order valence-corrected chi connectivity index (χ0v) is 17.7. The first-order valence-corrected chi connectivity index (χ1v) is 11.4. The molecule has 0 saturated carbocycles. The predicted octanol–water partition coefficient (Wildman–Crippen LogP) is 3.74. The molecule has 6 nitrogen and oxygen atoms in total. The molecule has 2 heterocycles. The SMILES string of the molecule is Cc1csc(NC(=O)c2cc(C)c(C)c(S(=O)(=O)N3CCC(C)CC3)c2)n1. The molecular weight excluding hydrogens is 382 g/mol. The highest BCUT2D eigenvalue weighted by atomic mass is 32.2. The lowest BCUT2D eigenvalue weighted by atomic mass is 10.0. The van der Waals surface area contributed by atoms with Crippen LogP contribution in [0, 0.1) is 26.7 Å². The highest BCUT2D eigenvalue weighted by molar-refractivity contribution is 7.89. The van der Waals surface area contributed by atoms with Crippen LogP contribution in [0.4, 0.5) is 5.13 Å². The van der Waals surface area contributed by atoms with E-state index in [4.69, 9.17) is 0 Å². The van der Waals surface area contributed by atoms with Crippen LogP contribution in [-0.4, -0.2) is 36.7 Å². The van der Waals surface area contributed by atoms with Gasteiger partial charge < -0.3 is 0 Å². The fraction of sp³-hybridized carbons (Fsp3) is 0.474. The van der Waals surface area contributed by atoms with E-state index in [1.54, 1.807) is 17.3 Å². The largest absolute Gasteiger partial charge is 0.298 e. The van der Waals surface area contributed by atoms with Crippen LogP contribution in [-0.2, 0) is 10.0 Å². The molecule has 1 aliphatic rings. The van der Waals surface area contributed by atoms with Crippen molar-refractivity contribution in [2.75, 3.05) is 18.4 Å². The monoisotopic (exact) mass is 407 g/mol. The molecule has 0 radical (unpaired) electrons. The summed E-state index contributed by atoms with van der Waals surface area (Å²) in [7, 11) is -3.62. The van der Waals surface area contributed by atoms with Crippen molar-refractivity contribution in [2.45, 2.75) is 45.4 Å². The Hall–Kier alpha value is -1.77. The average Bonchev–Trinajstić information content (AvgIpc) is 3.02. The zero-order valence-electron chi connectivity index (χ0n) is 16.1. The summed E-state index contributed by atoms with van der Waals surface area (Å²) in [6.45, 7) is 8.67. The van der Waals surface area contributed by atoms with Crippen molar-refractivity contribution >= 4 is 32.4 Å². The second-order valence-electron chi connectivity index (χ2n) is 7.25. The van der Waals surface area contributed by atoms with E-state index in [1.807, 2.05) is 19.2 Å². The van der Waals surface area contributed by atoms with Crippen LogP contribution in [0.15, 0.2) is 22.4 Å². The highest BCUT2D eigenvalue weighted by Crippen LogP contribution is 2.28. The van der Waals surface area contributed by atoms with Gasteiger partial charge in [-0.15, -0.1) is 11.3 Å². The quantitative estimate of drug-likeness (QED) is 0.837. The summed E-state index contributed by atoms with van der Waals surface area (Å²) in [5.41, 5.74) is 2.63. The molecule has 146 valence electrons. The molecule has 3 rings (SSSR count). The van der Waals surface area contributed by atoms with E-state index in [9.17, 15) is 13.2 Å². The number of hydrogen-bond donors (Lipinski definition) is 1. The van der Waals surface area contributed by atoms with Gasteiger partial charge in [0.2, 0.25) is 10.0 Å². The van der Waals surface area contributed by atoms with Gasteiger partial charge in [-0.2, -0.15) is 4.31 Å². The third-order valence-electron chi connectivity index (χ3n) is 5.08. The third kappa shape index (κ3) is 4.23. The molecule has 2 aromatic rings. The first kappa shape index (κ1) is 20.0. The van der Waals surface area contributed by atoms with Gasteiger partial charge >= 0.3 is 0 Å². The number of sulfonamides is 1. The summed E-state index contributed by atoms with van der Waals surface area (Å²) in [6, 6.07) is 3.22. The number of carbonyl (C=O) groups is 1. The minimum absolute atomic E-state index is 0.220. The van der Waals surface area contributed by atoms with Crippen LogP contribution >= 0.6 is 11.3 Å². The summed E-state index contributed by atoms with van der Waals surface area (Å²) in [5, 5.41) is 5.10. The molecule has 27 heavy (non-hydrogen) atoms. The van der Waals surface area contributed by atoms with E-state index in [2.05, 4.69) is 17.2 Å². The van der Waals surface area contributed by atoms with Crippen LogP contribution in [0.1, 0.15) is 46.9 Å². The van der Waals surface area contributed by atoms with Gasteiger partial charge in [0.05, 0.1) is 10.6 Å². The Kier molecular flexibility index (Phi) is 5.69. The summed E-state index contributed by atoms with van der Waals surface area (Å²) in [4.78, 5) is 17.1. The number of hydrogen-bond acceptors (Lipinski definition) is 5. The van der Waals surface area contributed by atoms with Gasteiger partial charge in [0.15, 0.2) is 5.13 Å². The van der Waals surface area contributed by atoms with Crippen molar-refractivity contribution < 1.29 is 13.2 Å². The van der Waals surface area contributed by atoms with Gasteiger partial charge in [-0.05, 0) is 62.8 Å². The summed E-state index contributed by atoms with van der Waals surface area (Å²) < 4.78 is 27.9. The van der Waals surface area contributed by atoms with Crippen molar-refractivity contribution in [3.8, 4) is 0 Å². The average molecular weight is 408 g/mol. The van der Waals surface area contributed by atoms with Crippen molar-refractivity contribution in [1.29, 1.82) is 0 Å². The Morgan fingerprint density at radius 2 is 1.89 bits per heavy atom. The first-order valence-electron chi connectivity index (χ1n) is 9.03. The maximum absolute atomic E-state index is 13.2. The number of aryl methyl sites for hydroxylation is 2. The topological polar surface area (TPSA) is 79.4 Å². The molecular formula is C19H25N3O3S2. The van der Waals surface area contributed by atoms with Gasteiger partial charge in [-0.3, -0.25) is 10.1 Å². The summed E-state index contributed by atoms with van der Waals surface area (Å²) >= 11 is 1.34. The number of anilines is 1. The molecule has 1 amide bonds. The number of nitrogens with one attached hydrogen (secondary N) is 1. The first-order chi connectivity index (χ1) is 12.7. The molecule has 0 atom stereocenters. The lowest BCUT2D eigenvalue weighted by Crippen LogP contribution is -2.38. The fourth-order valence-electron chi connectivity index (χ4n) is 3.17. The predicted molar refractivity (Wildman–Crippen MR) is 108 cm³/mol. The molecule has 0 unspecified atom stereocenters. The minimum Gasteiger partial charge on any atom is -0.298 e. The number of amides is 1. The van der Waals surface area contributed by atoms with Crippen LogP contribution in [0.25, 0.3) is 0 Å². The van der Waals surface area contributed by atoms with Crippen molar-refractivity contribution in [3.05, 3.63) is 39.9 Å². The molecule has 0 spiro atoms. The Morgan fingerprint density at radius 3 is 2.48 bits per heavy atom. The lowest BCUT2D eigenvalue weighted by molar-refractivity contribution is 0.102. The number of rotatable bonds is 4. The number of thiazole rings is 1. The summed E-state index contributed by atoms with van der Waals surface area (Å²) in [5.74, 6) is 0.189. The standard InChI is InChI=1S/C19H25N3O3S2/c1-12-5-7-22(8-6-12)27(24,25)17-10-16(9-13(2)15(17)4)18(23)21-19-20-14(3)11-26-19/h9-12H,5-8H2,1-4H3,(H,20,21,23). The Bertz CT molecular complexity index is 959. The number of piperidine rings is 1. The smallest absolute Gasteiger partial charge is 0.257 e. The molecule has 1 aromatic carbocycles. The Labute approximate surface area is 164 Å². The third-order valence-corrected chi connectivity index (χ3v) is 7.98. The van der Waals surface area contributed by atoms with Gasteiger partial charge in [0.25, 0.3) is 5.91 Å². The number of benzene rings is 1. The second-order valence-corrected chi connectivity index (χ2v) is 10.0. The van der Waals surface area contributed by atoms with Crippen LogP contribution in [0.3, 0.4) is 0 Å². The van der Waals surface area contributed by atoms with Crippen LogP contribution in [0.2, 0.25) is 0 Å². The fourth-order valence-corrected chi connectivity index (χ4v) is 5.65. The van der Waals surface area contributed by atoms with Crippen LogP contribution < -0.4 is 5.32 Å². The molecule has 1 saturated heterocycles. The molecule has 0 bridgehead atoms. The normalized spacial score (nSPS) is 16.4. The van der Waals surface area contributed by atoms with E-state index in [1.165, 1.54) is 17.4 Å². The van der Waals surface area contributed by atoms with Crippen molar-refractivity contribution in [1.82, 2.24) is 9.29 Å². The number of carbonyl (C=O) groups excluding carboxylic acids is 1. The lowest BCUT2D eigenvalue weighted by Gasteiger charge is -2.30. The van der Waals surface area contributed by atoms with Crippen molar-refractivity contribution in [2.24, 2.45) is 5.92 Å². The molecule has 1 aromatic heterocycles. The Balaban J connectivity index is 1.93. The molecule has 1 fully saturated rings. The zero-order chi connectivity index (χ0) is 19.8. The van der Waals surface area contributed by atoms with E-state index < -0.39 is 10.0 Å². The van der Waals surface area contributed by atoms with Gasteiger partial charge in [-0.1, -0.05) is 6.92 Å².